The normalized spacial score (nSPS) is 18.8. The van der Waals surface area contributed by atoms with E-state index in [2.05, 4.69) is 78.2 Å². The highest BCUT2D eigenvalue weighted by Crippen LogP contribution is 2.35. The SMILES string of the molecule is C=C/C(=C\N(C)C)C1=C(C)C(NC(=C)NC(=C)c2ccnc(N3CC[C@H](C)C3)c2)=C(CC)CC1. The molecule has 34 heavy (non-hydrogen) atoms. The van der Waals surface area contributed by atoms with Gasteiger partial charge in [0.1, 0.15) is 11.6 Å². The van der Waals surface area contributed by atoms with Crippen molar-refractivity contribution in [1.29, 1.82) is 0 Å². The zero-order valence-electron chi connectivity index (χ0n) is 21.7. The molecule has 0 radical (unpaired) electrons. The van der Waals surface area contributed by atoms with E-state index in [1.165, 1.54) is 28.7 Å². The lowest BCUT2D eigenvalue weighted by Gasteiger charge is -2.27. The van der Waals surface area contributed by atoms with E-state index in [4.69, 9.17) is 0 Å². The lowest BCUT2D eigenvalue weighted by atomic mass is 9.85. The van der Waals surface area contributed by atoms with Crippen LogP contribution in [0.4, 0.5) is 5.82 Å². The van der Waals surface area contributed by atoms with Crippen molar-refractivity contribution in [1.82, 2.24) is 20.5 Å². The van der Waals surface area contributed by atoms with Crippen LogP contribution in [0.1, 0.15) is 52.0 Å². The second-order valence-corrected chi connectivity index (χ2v) is 9.64. The fraction of sp³-hybridized carbons (Fsp3) is 0.414. The van der Waals surface area contributed by atoms with E-state index < -0.39 is 0 Å². The van der Waals surface area contributed by atoms with Gasteiger partial charge in [-0.05, 0) is 73.0 Å². The Kier molecular flexibility index (Phi) is 8.43. The summed E-state index contributed by atoms with van der Waals surface area (Å²) in [5, 5.41) is 6.94. The molecule has 0 aromatic carbocycles. The molecule has 1 saturated heterocycles. The van der Waals surface area contributed by atoms with Gasteiger partial charge in [0.2, 0.25) is 0 Å². The molecule has 1 aromatic heterocycles. The maximum absolute atomic E-state index is 4.58. The molecule has 2 N–H and O–H groups in total. The van der Waals surface area contributed by atoms with Crippen LogP contribution in [0.2, 0.25) is 0 Å². The molecule has 1 aromatic rings. The third-order valence-corrected chi connectivity index (χ3v) is 6.67. The van der Waals surface area contributed by atoms with Crippen molar-refractivity contribution in [2.75, 3.05) is 32.1 Å². The standard InChI is InChI=1S/C29H41N5/c1-9-24-11-12-27(25(10-2)19-33(7)8)21(4)29(24)32-23(6)31-22(5)26-13-15-30-28(17-26)34-16-14-20(3)18-34/h10,13,15,17,19-20,31-32H,2,5-6,9,11-12,14,16,18H2,1,3-4,7-8H3/b25-19+/t20-/m0/s1. The average molecular weight is 460 g/mol. The zero-order chi connectivity index (χ0) is 24.8. The van der Waals surface area contributed by atoms with Crippen molar-refractivity contribution < 1.29 is 0 Å². The Morgan fingerprint density at radius 1 is 1.29 bits per heavy atom. The maximum Gasteiger partial charge on any atom is 0.129 e. The summed E-state index contributed by atoms with van der Waals surface area (Å²) in [6, 6.07) is 4.11. The predicted octanol–water partition coefficient (Wildman–Crippen LogP) is 5.95. The van der Waals surface area contributed by atoms with Crippen molar-refractivity contribution in [3.05, 3.63) is 89.7 Å². The molecule has 1 atom stereocenters. The molecular formula is C29H41N5. The minimum Gasteiger partial charge on any atom is -0.383 e. The molecule has 1 aliphatic heterocycles. The number of anilines is 1. The van der Waals surface area contributed by atoms with Crippen LogP contribution < -0.4 is 15.5 Å². The van der Waals surface area contributed by atoms with Crippen molar-refractivity contribution >= 4 is 11.5 Å². The van der Waals surface area contributed by atoms with Crippen LogP contribution in [0, 0.1) is 5.92 Å². The summed E-state index contributed by atoms with van der Waals surface area (Å²) in [5.74, 6) is 2.44. The van der Waals surface area contributed by atoms with Gasteiger partial charge in [-0.15, -0.1) is 0 Å². The van der Waals surface area contributed by atoms with E-state index in [0.717, 1.165) is 60.9 Å². The molecule has 0 spiro atoms. The summed E-state index contributed by atoms with van der Waals surface area (Å²) in [6.45, 7) is 21.4. The third kappa shape index (κ3) is 6.02. The van der Waals surface area contributed by atoms with E-state index in [1.807, 2.05) is 32.4 Å². The van der Waals surface area contributed by atoms with Crippen molar-refractivity contribution in [2.24, 2.45) is 5.92 Å². The number of rotatable bonds is 10. The lowest BCUT2D eigenvalue weighted by Crippen LogP contribution is -2.27. The number of pyridine rings is 1. The van der Waals surface area contributed by atoms with Gasteiger partial charge in [-0.2, -0.15) is 0 Å². The summed E-state index contributed by atoms with van der Waals surface area (Å²) in [4.78, 5) is 9.00. The van der Waals surface area contributed by atoms with Gasteiger partial charge in [-0.3, -0.25) is 0 Å². The summed E-state index contributed by atoms with van der Waals surface area (Å²) >= 11 is 0. The summed E-state index contributed by atoms with van der Waals surface area (Å²) in [6.07, 6.45) is 10.2. The fourth-order valence-electron chi connectivity index (χ4n) is 4.79. The second-order valence-electron chi connectivity index (χ2n) is 9.64. The molecular weight excluding hydrogens is 418 g/mol. The van der Waals surface area contributed by atoms with Gasteiger partial charge in [-0.25, -0.2) is 4.98 Å². The van der Waals surface area contributed by atoms with Gasteiger partial charge in [0.25, 0.3) is 0 Å². The number of hydrogen-bond acceptors (Lipinski definition) is 5. The minimum absolute atomic E-state index is 0.711. The van der Waals surface area contributed by atoms with E-state index in [9.17, 15) is 0 Å². The largest absolute Gasteiger partial charge is 0.383 e. The van der Waals surface area contributed by atoms with Gasteiger partial charge < -0.3 is 20.4 Å². The van der Waals surface area contributed by atoms with Crippen LogP contribution in [0.15, 0.2) is 84.2 Å². The number of hydrogen-bond donors (Lipinski definition) is 2. The number of allylic oxidation sites excluding steroid dienone is 5. The summed E-state index contributed by atoms with van der Waals surface area (Å²) < 4.78 is 0. The van der Waals surface area contributed by atoms with Gasteiger partial charge in [0.05, 0.1) is 0 Å². The van der Waals surface area contributed by atoms with E-state index in [1.54, 1.807) is 0 Å². The highest BCUT2D eigenvalue weighted by Gasteiger charge is 2.22. The first-order valence-electron chi connectivity index (χ1n) is 12.3. The average Bonchev–Trinajstić information content (AvgIpc) is 3.25. The first-order valence-corrected chi connectivity index (χ1v) is 12.3. The van der Waals surface area contributed by atoms with Crippen LogP contribution in [0.3, 0.4) is 0 Å². The van der Waals surface area contributed by atoms with Crippen molar-refractivity contribution in [3.8, 4) is 0 Å². The van der Waals surface area contributed by atoms with E-state index in [0.29, 0.717) is 5.92 Å². The number of nitrogens with zero attached hydrogens (tertiary/aromatic N) is 3. The summed E-state index contributed by atoms with van der Waals surface area (Å²) in [7, 11) is 4.09. The Morgan fingerprint density at radius 3 is 2.68 bits per heavy atom. The molecule has 2 heterocycles. The van der Waals surface area contributed by atoms with Gasteiger partial charge in [-0.1, -0.05) is 39.7 Å². The molecule has 0 bridgehead atoms. The van der Waals surface area contributed by atoms with Gasteiger partial charge in [0, 0.05) is 56.5 Å². The molecule has 0 saturated carbocycles. The third-order valence-electron chi connectivity index (χ3n) is 6.67. The minimum atomic E-state index is 0.711. The Labute approximate surface area is 206 Å². The zero-order valence-corrected chi connectivity index (χ0v) is 21.7. The predicted molar refractivity (Wildman–Crippen MR) is 146 cm³/mol. The smallest absolute Gasteiger partial charge is 0.129 e. The molecule has 3 rings (SSSR count). The summed E-state index contributed by atoms with van der Waals surface area (Å²) in [5.41, 5.74) is 8.15. The molecule has 2 aliphatic rings. The van der Waals surface area contributed by atoms with Crippen LogP contribution in [-0.4, -0.2) is 37.1 Å². The Morgan fingerprint density at radius 2 is 2.06 bits per heavy atom. The van der Waals surface area contributed by atoms with Gasteiger partial charge >= 0.3 is 0 Å². The van der Waals surface area contributed by atoms with E-state index >= 15 is 0 Å². The first-order chi connectivity index (χ1) is 16.2. The van der Waals surface area contributed by atoms with Crippen molar-refractivity contribution in [3.63, 3.8) is 0 Å². The fourth-order valence-corrected chi connectivity index (χ4v) is 4.79. The second kappa shape index (κ2) is 11.3. The van der Waals surface area contributed by atoms with Crippen LogP contribution in [0.5, 0.6) is 0 Å². The lowest BCUT2D eigenvalue weighted by molar-refractivity contribution is 0.559. The first kappa shape index (κ1) is 25.4. The van der Waals surface area contributed by atoms with Crippen LogP contribution in [-0.2, 0) is 0 Å². The molecule has 0 amide bonds. The van der Waals surface area contributed by atoms with Crippen LogP contribution in [0.25, 0.3) is 5.70 Å². The highest BCUT2D eigenvalue weighted by molar-refractivity contribution is 5.66. The molecule has 182 valence electrons. The van der Waals surface area contributed by atoms with Crippen molar-refractivity contribution in [2.45, 2.75) is 46.5 Å². The molecule has 1 aliphatic carbocycles. The molecule has 0 unspecified atom stereocenters. The van der Waals surface area contributed by atoms with Crippen LogP contribution >= 0.6 is 0 Å². The Bertz CT molecular complexity index is 1040. The topological polar surface area (TPSA) is 43.4 Å². The molecule has 5 nitrogen and oxygen atoms in total. The quantitative estimate of drug-likeness (QED) is 0.423. The van der Waals surface area contributed by atoms with Gasteiger partial charge in [0.15, 0.2) is 0 Å². The molecule has 1 fully saturated rings. The number of nitrogens with one attached hydrogen (secondary N) is 2. The molecule has 5 heteroatoms. The Hall–Kier alpha value is -3.21. The monoisotopic (exact) mass is 459 g/mol. The van der Waals surface area contributed by atoms with E-state index in [-0.39, 0.29) is 0 Å². The number of aromatic nitrogens is 1. The Balaban J connectivity index is 1.76. The maximum atomic E-state index is 4.58. The highest BCUT2D eigenvalue weighted by atomic mass is 15.2.